The van der Waals surface area contributed by atoms with Gasteiger partial charge in [0.2, 0.25) is 0 Å². The first-order valence-corrected chi connectivity index (χ1v) is 10.1. The highest BCUT2D eigenvalue weighted by Crippen LogP contribution is 2.35. The SMILES string of the molecule is CCCCN(C)c1c(/C=C2\SC(=S)N(CC)C2=O)c(C)c(C#N)c(=O)n1C. The molecule has 1 saturated heterocycles. The largest absolute Gasteiger partial charge is 0.360 e. The summed E-state index contributed by atoms with van der Waals surface area (Å²) in [7, 11) is 3.58. The zero-order valence-corrected chi connectivity index (χ0v) is 18.0. The highest BCUT2D eigenvalue weighted by atomic mass is 32.2. The number of anilines is 1. The lowest BCUT2D eigenvalue weighted by molar-refractivity contribution is -0.121. The molecule has 0 aliphatic carbocycles. The van der Waals surface area contributed by atoms with E-state index < -0.39 is 0 Å². The van der Waals surface area contributed by atoms with Crippen molar-refractivity contribution in [1.82, 2.24) is 9.47 Å². The Labute approximate surface area is 169 Å². The second kappa shape index (κ2) is 8.72. The Morgan fingerprint density at radius 1 is 1.33 bits per heavy atom. The van der Waals surface area contributed by atoms with Gasteiger partial charge in [0.05, 0.1) is 4.91 Å². The molecule has 0 atom stereocenters. The van der Waals surface area contributed by atoms with Crippen molar-refractivity contribution in [1.29, 1.82) is 5.26 Å². The summed E-state index contributed by atoms with van der Waals surface area (Å²) in [6.07, 6.45) is 3.77. The van der Waals surface area contributed by atoms with E-state index in [1.165, 1.54) is 16.3 Å². The molecule has 1 aromatic rings. The maximum Gasteiger partial charge on any atom is 0.270 e. The Balaban J connectivity index is 2.71. The first-order valence-electron chi connectivity index (χ1n) is 8.88. The van der Waals surface area contributed by atoms with Gasteiger partial charge in [-0.2, -0.15) is 5.26 Å². The van der Waals surface area contributed by atoms with Crippen LogP contribution in [-0.2, 0) is 11.8 Å². The monoisotopic (exact) mass is 404 g/mol. The molecule has 2 heterocycles. The lowest BCUT2D eigenvalue weighted by Crippen LogP contribution is -2.31. The molecular weight excluding hydrogens is 380 g/mol. The number of hydrogen-bond acceptors (Lipinski definition) is 6. The number of carbonyl (C=O) groups excluding carboxylic acids is 1. The van der Waals surface area contributed by atoms with Crippen LogP contribution in [0.2, 0.25) is 0 Å². The molecule has 8 heteroatoms. The Morgan fingerprint density at radius 2 is 2.00 bits per heavy atom. The van der Waals surface area contributed by atoms with Gasteiger partial charge in [-0.3, -0.25) is 19.1 Å². The number of carbonyl (C=O) groups is 1. The van der Waals surface area contributed by atoms with Crippen LogP contribution in [0.25, 0.3) is 6.08 Å². The average Bonchev–Trinajstić information content (AvgIpc) is 2.91. The zero-order chi connectivity index (χ0) is 20.3. The van der Waals surface area contributed by atoms with Gasteiger partial charge in [0.15, 0.2) is 0 Å². The Morgan fingerprint density at radius 3 is 2.52 bits per heavy atom. The summed E-state index contributed by atoms with van der Waals surface area (Å²) in [6.45, 7) is 7.02. The van der Waals surface area contributed by atoms with Gasteiger partial charge in [0.1, 0.15) is 21.8 Å². The number of rotatable bonds is 6. The highest BCUT2D eigenvalue weighted by molar-refractivity contribution is 8.26. The van der Waals surface area contributed by atoms with E-state index in [2.05, 4.69) is 6.92 Å². The molecule has 0 N–H and O–H groups in total. The van der Waals surface area contributed by atoms with Crippen LogP contribution in [0.5, 0.6) is 0 Å². The molecule has 0 saturated carbocycles. The van der Waals surface area contributed by atoms with E-state index in [-0.39, 0.29) is 17.0 Å². The minimum Gasteiger partial charge on any atom is -0.360 e. The quantitative estimate of drug-likeness (QED) is 0.536. The van der Waals surface area contributed by atoms with Crippen molar-refractivity contribution in [2.24, 2.45) is 7.05 Å². The van der Waals surface area contributed by atoms with Crippen LogP contribution in [0.1, 0.15) is 43.4 Å². The van der Waals surface area contributed by atoms with Crippen LogP contribution >= 0.6 is 24.0 Å². The first-order chi connectivity index (χ1) is 12.8. The van der Waals surface area contributed by atoms with E-state index in [0.717, 1.165) is 19.4 Å². The van der Waals surface area contributed by atoms with Gasteiger partial charge >= 0.3 is 0 Å². The predicted molar refractivity (Wildman–Crippen MR) is 115 cm³/mol. The molecule has 1 amide bonds. The van der Waals surface area contributed by atoms with Crippen molar-refractivity contribution in [2.45, 2.75) is 33.6 Å². The van der Waals surface area contributed by atoms with Crippen LogP contribution in [0.3, 0.4) is 0 Å². The van der Waals surface area contributed by atoms with Crippen molar-refractivity contribution >= 4 is 46.1 Å². The third kappa shape index (κ3) is 3.94. The van der Waals surface area contributed by atoms with Gasteiger partial charge in [0, 0.05) is 32.7 Å². The molecule has 0 bridgehead atoms. The summed E-state index contributed by atoms with van der Waals surface area (Å²) >= 11 is 6.54. The molecule has 144 valence electrons. The van der Waals surface area contributed by atoms with Gasteiger partial charge in [-0.25, -0.2) is 0 Å². The number of nitrogens with zero attached hydrogens (tertiary/aromatic N) is 4. The lowest BCUT2D eigenvalue weighted by atomic mass is 10.0. The molecule has 0 aromatic carbocycles. The second-order valence-electron chi connectivity index (χ2n) is 6.41. The van der Waals surface area contributed by atoms with Gasteiger partial charge in [0.25, 0.3) is 11.5 Å². The fourth-order valence-electron chi connectivity index (χ4n) is 3.08. The molecule has 27 heavy (non-hydrogen) atoms. The number of thiocarbonyl (C=S) groups is 1. The summed E-state index contributed by atoms with van der Waals surface area (Å²) in [5.41, 5.74) is 1.07. The molecule has 0 radical (unpaired) electrons. The number of nitriles is 1. The van der Waals surface area contributed by atoms with Crippen LogP contribution < -0.4 is 10.5 Å². The van der Waals surface area contributed by atoms with Crippen molar-refractivity contribution in [2.75, 3.05) is 25.0 Å². The predicted octanol–water partition coefficient (Wildman–Crippen LogP) is 3.02. The minimum absolute atomic E-state index is 0.0994. The number of aromatic nitrogens is 1. The maximum atomic E-state index is 12.6. The van der Waals surface area contributed by atoms with E-state index in [0.29, 0.717) is 32.7 Å². The lowest BCUT2D eigenvalue weighted by Gasteiger charge is -2.25. The number of unbranched alkanes of at least 4 members (excludes halogenated alkanes) is 1. The average molecular weight is 405 g/mol. The second-order valence-corrected chi connectivity index (χ2v) is 8.09. The number of thioether (sulfide) groups is 1. The van der Waals surface area contributed by atoms with E-state index in [1.807, 2.05) is 24.9 Å². The highest BCUT2D eigenvalue weighted by Gasteiger charge is 2.31. The Kier molecular flexibility index (Phi) is 6.84. The van der Waals surface area contributed by atoms with E-state index in [1.54, 1.807) is 24.9 Å². The van der Waals surface area contributed by atoms with Crippen LogP contribution in [0.15, 0.2) is 9.70 Å². The summed E-state index contributed by atoms with van der Waals surface area (Å²) in [6, 6.07) is 2.01. The fourth-order valence-corrected chi connectivity index (χ4v) is 4.44. The standard InChI is InChI=1S/C19H24N4O2S2/c1-6-8-9-21(4)16-13(12(3)14(11-20)17(24)22(16)5)10-15-18(25)23(7-2)19(26)27-15/h10H,6-9H2,1-5H3/b15-10-. The molecular formula is C19H24N4O2S2. The number of hydrogen-bond donors (Lipinski definition) is 0. The number of likely N-dealkylation sites (N-methyl/N-ethyl adjacent to an activating group) is 1. The van der Waals surface area contributed by atoms with Gasteiger partial charge in [-0.1, -0.05) is 37.3 Å². The minimum atomic E-state index is -0.327. The van der Waals surface area contributed by atoms with Crippen molar-refractivity contribution < 1.29 is 4.79 Å². The summed E-state index contributed by atoms with van der Waals surface area (Å²) in [5.74, 6) is 0.563. The third-order valence-electron chi connectivity index (χ3n) is 4.64. The van der Waals surface area contributed by atoms with Crippen LogP contribution in [-0.4, -0.2) is 39.8 Å². The van der Waals surface area contributed by atoms with Gasteiger partial charge in [-0.05, 0) is 31.9 Å². The number of amides is 1. The first kappa shape index (κ1) is 21.2. The summed E-state index contributed by atoms with van der Waals surface area (Å²) in [5, 5.41) is 9.46. The molecule has 1 fully saturated rings. The number of pyridine rings is 1. The summed E-state index contributed by atoms with van der Waals surface area (Å²) < 4.78 is 2.02. The molecule has 0 spiro atoms. The molecule has 1 aliphatic heterocycles. The van der Waals surface area contributed by atoms with Crippen LogP contribution in [0.4, 0.5) is 5.82 Å². The maximum absolute atomic E-state index is 12.6. The molecule has 2 rings (SSSR count). The van der Waals surface area contributed by atoms with E-state index in [9.17, 15) is 14.9 Å². The van der Waals surface area contributed by atoms with E-state index >= 15 is 0 Å². The Bertz CT molecular complexity index is 912. The third-order valence-corrected chi connectivity index (χ3v) is 6.02. The fraction of sp³-hybridized carbons (Fsp3) is 0.474. The van der Waals surface area contributed by atoms with Gasteiger partial charge in [-0.15, -0.1) is 0 Å². The molecule has 6 nitrogen and oxygen atoms in total. The Hall–Kier alpha value is -2.11. The zero-order valence-electron chi connectivity index (χ0n) is 16.3. The molecule has 1 aromatic heterocycles. The van der Waals surface area contributed by atoms with Crippen molar-refractivity contribution in [3.8, 4) is 6.07 Å². The van der Waals surface area contributed by atoms with Crippen molar-refractivity contribution in [3.05, 3.63) is 31.9 Å². The molecule has 1 aliphatic rings. The molecule has 0 unspecified atom stereocenters. The topological polar surface area (TPSA) is 69.3 Å². The van der Waals surface area contributed by atoms with Crippen molar-refractivity contribution in [3.63, 3.8) is 0 Å². The van der Waals surface area contributed by atoms with Crippen LogP contribution in [0, 0.1) is 18.3 Å². The van der Waals surface area contributed by atoms with Gasteiger partial charge < -0.3 is 4.90 Å². The normalized spacial score (nSPS) is 15.6. The summed E-state index contributed by atoms with van der Waals surface area (Å²) in [4.78, 5) is 29.3. The smallest absolute Gasteiger partial charge is 0.270 e. The van der Waals surface area contributed by atoms with E-state index in [4.69, 9.17) is 12.2 Å².